The van der Waals surface area contributed by atoms with Gasteiger partial charge < -0.3 is 0 Å². The van der Waals surface area contributed by atoms with E-state index in [4.69, 9.17) is 11.6 Å². The Morgan fingerprint density at radius 1 is 1.33 bits per heavy atom. The maximum atomic E-state index is 12.9. The number of carbonyl (C=O) groups excluding carboxylic acids is 1. The molecule has 4 heteroatoms. The maximum absolute atomic E-state index is 12.9. The fourth-order valence-electron chi connectivity index (χ4n) is 3.01. The molecule has 1 unspecified atom stereocenters. The average molecular weight is 373 g/mol. The highest BCUT2D eigenvalue weighted by Crippen LogP contribution is 2.28. The normalized spacial score (nSPS) is 19.2. The molecular weight excluding hydrogens is 350 g/mol. The lowest BCUT2D eigenvalue weighted by Crippen LogP contribution is -2.54. The number of ketones is 1. The fourth-order valence-corrected chi connectivity index (χ4v) is 3.75. The zero-order valence-corrected chi connectivity index (χ0v) is 15.1. The molecule has 2 rings (SSSR count). The van der Waals surface area contributed by atoms with Crippen molar-refractivity contribution in [2.45, 2.75) is 51.5 Å². The molecule has 0 radical (unpaired) electrons. The molecule has 1 saturated heterocycles. The van der Waals surface area contributed by atoms with E-state index in [0.29, 0.717) is 11.4 Å². The molecule has 1 heterocycles. The van der Waals surface area contributed by atoms with E-state index in [1.165, 1.54) is 19.3 Å². The first-order valence-corrected chi connectivity index (χ1v) is 8.86. The summed E-state index contributed by atoms with van der Waals surface area (Å²) in [6.07, 6.45) is 4.93. The van der Waals surface area contributed by atoms with E-state index >= 15 is 0 Å². The van der Waals surface area contributed by atoms with E-state index in [0.717, 1.165) is 29.5 Å². The molecule has 1 fully saturated rings. The molecule has 0 saturated carbocycles. The summed E-state index contributed by atoms with van der Waals surface area (Å²) in [4.78, 5) is 15.3. The Morgan fingerprint density at radius 2 is 2.00 bits per heavy atom. The zero-order valence-electron chi connectivity index (χ0n) is 12.8. The number of halogens is 2. The smallest absolute Gasteiger partial charge is 0.157 e. The van der Waals surface area contributed by atoms with Crippen molar-refractivity contribution in [3.05, 3.63) is 33.3 Å². The summed E-state index contributed by atoms with van der Waals surface area (Å²) in [5.41, 5.74) is 0.554. The molecule has 21 heavy (non-hydrogen) atoms. The molecule has 1 aromatic rings. The molecular formula is C17H23BrClNO. The van der Waals surface area contributed by atoms with Gasteiger partial charge in [0.2, 0.25) is 0 Å². The zero-order chi connectivity index (χ0) is 15.5. The molecule has 116 valence electrons. The standard InChI is InChI=1S/C17H23BrClNO/c1-3-17(2,20-9-5-4-6-10-20)16(21)11-13-7-8-14(18)12-15(13)19/h7-8,12H,3-6,9-11H2,1-2H3. The van der Waals surface area contributed by atoms with Crippen molar-refractivity contribution in [3.8, 4) is 0 Å². The lowest BCUT2D eigenvalue weighted by molar-refractivity contribution is -0.130. The van der Waals surface area contributed by atoms with E-state index in [-0.39, 0.29) is 11.3 Å². The maximum Gasteiger partial charge on any atom is 0.157 e. The van der Waals surface area contributed by atoms with Crippen LogP contribution >= 0.6 is 27.5 Å². The number of carbonyl (C=O) groups is 1. The molecule has 0 N–H and O–H groups in total. The van der Waals surface area contributed by atoms with Crippen molar-refractivity contribution in [2.24, 2.45) is 0 Å². The van der Waals surface area contributed by atoms with Gasteiger partial charge in [0, 0.05) is 15.9 Å². The minimum absolute atomic E-state index is 0.274. The van der Waals surface area contributed by atoms with Crippen LogP contribution in [0.5, 0.6) is 0 Å². The van der Waals surface area contributed by atoms with Gasteiger partial charge in [-0.05, 0) is 57.0 Å². The van der Waals surface area contributed by atoms with Crippen LogP contribution in [0.25, 0.3) is 0 Å². The molecule has 1 aliphatic heterocycles. The minimum Gasteiger partial charge on any atom is -0.297 e. The van der Waals surface area contributed by atoms with Crippen LogP contribution in [-0.2, 0) is 11.2 Å². The third-order valence-electron chi connectivity index (χ3n) is 4.71. The first-order chi connectivity index (χ1) is 9.97. The highest BCUT2D eigenvalue weighted by Gasteiger charge is 2.37. The number of nitrogens with zero attached hydrogens (tertiary/aromatic N) is 1. The number of piperidine rings is 1. The van der Waals surface area contributed by atoms with Crippen LogP contribution in [-0.4, -0.2) is 29.3 Å². The summed E-state index contributed by atoms with van der Waals surface area (Å²) < 4.78 is 0.943. The summed E-state index contributed by atoms with van der Waals surface area (Å²) in [6, 6.07) is 5.74. The van der Waals surface area contributed by atoms with Gasteiger partial charge in [0.1, 0.15) is 0 Å². The lowest BCUT2D eigenvalue weighted by Gasteiger charge is -2.42. The molecule has 2 nitrogen and oxygen atoms in total. The molecule has 0 aromatic heterocycles. The summed E-state index contributed by atoms with van der Waals surface area (Å²) in [5.74, 6) is 0.274. The fraction of sp³-hybridized carbons (Fsp3) is 0.588. The Morgan fingerprint density at radius 3 is 2.57 bits per heavy atom. The van der Waals surface area contributed by atoms with Crippen LogP contribution in [0.2, 0.25) is 5.02 Å². The molecule has 1 atom stereocenters. The van der Waals surface area contributed by atoms with Gasteiger partial charge in [-0.1, -0.05) is 46.9 Å². The van der Waals surface area contributed by atoms with Crippen molar-refractivity contribution in [3.63, 3.8) is 0 Å². The summed E-state index contributed by atoms with van der Waals surface area (Å²) in [5, 5.41) is 0.662. The predicted octanol–water partition coefficient (Wildman–Crippen LogP) is 4.87. The van der Waals surface area contributed by atoms with Crippen LogP contribution in [0.4, 0.5) is 0 Å². The molecule has 0 spiro atoms. The quantitative estimate of drug-likeness (QED) is 0.735. The van der Waals surface area contributed by atoms with Crippen molar-refractivity contribution < 1.29 is 4.79 Å². The SMILES string of the molecule is CCC(C)(C(=O)Cc1ccc(Br)cc1Cl)N1CCCCC1. The van der Waals surface area contributed by atoms with Crippen molar-refractivity contribution in [1.29, 1.82) is 0 Å². The number of rotatable bonds is 5. The molecule has 0 aliphatic carbocycles. The van der Waals surface area contributed by atoms with Crippen LogP contribution < -0.4 is 0 Å². The Kier molecular flexibility index (Phi) is 5.87. The minimum atomic E-state index is -0.364. The van der Waals surface area contributed by atoms with Gasteiger partial charge in [-0.2, -0.15) is 0 Å². The topological polar surface area (TPSA) is 20.3 Å². The van der Waals surface area contributed by atoms with Gasteiger partial charge in [-0.3, -0.25) is 9.69 Å². The van der Waals surface area contributed by atoms with E-state index in [2.05, 4.69) is 34.7 Å². The highest BCUT2D eigenvalue weighted by molar-refractivity contribution is 9.10. The third-order valence-corrected chi connectivity index (χ3v) is 5.55. The number of hydrogen-bond donors (Lipinski definition) is 0. The van der Waals surface area contributed by atoms with E-state index < -0.39 is 0 Å². The number of likely N-dealkylation sites (tertiary alicyclic amines) is 1. The second-order valence-corrected chi connectivity index (χ2v) is 7.33. The van der Waals surface area contributed by atoms with Crippen molar-refractivity contribution in [1.82, 2.24) is 4.90 Å². The number of hydrogen-bond acceptors (Lipinski definition) is 2. The van der Waals surface area contributed by atoms with Gasteiger partial charge >= 0.3 is 0 Å². The second kappa shape index (κ2) is 7.26. The van der Waals surface area contributed by atoms with Crippen LogP contribution in [0, 0.1) is 0 Å². The number of benzene rings is 1. The first kappa shape index (κ1) is 17.0. The van der Waals surface area contributed by atoms with Gasteiger partial charge in [-0.15, -0.1) is 0 Å². The van der Waals surface area contributed by atoms with Gasteiger partial charge in [0.15, 0.2) is 5.78 Å². The Bertz CT molecular complexity index is 514. The van der Waals surface area contributed by atoms with Gasteiger partial charge in [-0.25, -0.2) is 0 Å². The average Bonchev–Trinajstić information content (AvgIpc) is 2.50. The summed E-state index contributed by atoms with van der Waals surface area (Å²) in [7, 11) is 0. The molecule has 1 aromatic carbocycles. The highest BCUT2D eigenvalue weighted by atomic mass is 79.9. The van der Waals surface area contributed by atoms with Crippen molar-refractivity contribution in [2.75, 3.05) is 13.1 Å². The Hall–Kier alpha value is -0.380. The molecule has 1 aliphatic rings. The van der Waals surface area contributed by atoms with Crippen LogP contribution in [0.1, 0.15) is 45.1 Å². The van der Waals surface area contributed by atoms with Crippen molar-refractivity contribution >= 4 is 33.3 Å². The Labute approximate surface area is 141 Å². The second-order valence-electron chi connectivity index (χ2n) is 6.01. The van der Waals surface area contributed by atoms with Crippen LogP contribution in [0.3, 0.4) is 0 Å². The first-order valence-electron chi connectivity index (χ1n) is 7.69. The lowest BCUT2D eigenvalue weighted by atomic mass is 9.86. The van der Waals surface area contributed by atoms with E-state index in [9.17, 15) is 4.79 Å². The summed E-state index contributed by atoms with van der Waals surface area (Å²) in [6.45, 7) is 6.26. The van der Waals surface area contributed by atoms with Crippen LogP contribution in [0.15, 0.2) is 22.7 Å². The number of Topliss-reactive ketones (excluding diaryl/α,β-unsaturated/α-hetero) is 1. The predicted molar refractivity (Wildman–Crippen MR) is 92.0 cm³/mol. The third kappa shape index (κ3) is 3.88. The Balaban J connectivity index is 2.15. The van der Waals surface area contributed by atoms with E-state index in [1.54, 1.807) is 0 Å². The largest absolute Gasteiger partial charge is 0.297 e. The molecule has 0 amide bonds. The summed E-state index contributed by atoms with van der Waals surface area (Å²) >= 11 is 9.66. The van der Waals surface area contributed by atoms with Gasteiger partial charge in [0.05, 0.1) is 5.54 Å². The van der Waals surface area contributed by atoms with Gasteiger partial charge in [0.25, 0.3) is 0 Å². The van der Waals surface area contributed by atoms with E-state index in [1.807, 2.05) is 18.2 Å². The monoisotopic (exact) mass is 371 g/mol. The molecule has 0 bridgehead atoms.